The highest BCUT2D eigenvalue weighted by molar-refractivity contribution is 5.93. The SMILES string of the molecule is CCNC(=NCCNC(=O)c1cccnc1)N(C)Cc1ccccc1C. The van der Waals surface area contributed by atoms with Gasteiger partial charge in [0.25, 0.3) is 5.91 Å². The summed E-state index contributed by atoms with van der Waals surface area (Å²) >= 11 is 0. The Balaban J connectivity index is 1.89. The van der Waals surface area contributed by atoms with Gasteiger partial charge in [0.2, 0.25) is 0 Å². The third-order valence-electron chi connectivity index (χ3n) is 3.95. The van der Waals surface area contributed by atoms with E-state index in [0.717, 1.165) is 19.0 Å². The fourth-order valence-electron chi connectivity index (χ4n) is 2.52. The maximum Gasteiger partial charge on any atom is 0.252 e. The molecule has 26 heavy (non-hydrogen) atoms. The lowest BCUT2D eigenvalue weighted by molar-refractivity contribution is 0.0954. The Morgan fingerprint density at radius 2 is 2.00 bits per heavy atom. The smallest absolute Gasteiger partial charge is 0.252 e. The van der Waals surface area contributed by atoms with Gasteiger partial charge in [0.1, 0.15) is 0 Å². The average Bonchev–Trinajstić information content (AvgIpc) is 2.66. The van der Waals surface area contributed by atoms with E-state index in [1.807, 2.05) is 26.1 Å². The molecule has 0 bridgehead atoms. The van der Waals surface area contributed by atoms with E-state index in [9.17, 15) is 4.79 Å². The molecule has 0 unspecified atom stereocenters. The molecule has 0 spiro atoms. The quantitative estimate of drug-likeness (QED) is 0.455. The van der Waals surface area contributed by atoms with Gasteiger partial charge in [-0.3, -0.25) is 14.8 Å². The summed E-state index contributed by atoms with van der Waals surface area (Å²) in [5.41, 5.74) is 3.09. The van der Waals surface area contributed by atoms with Crippen molar-refractivity contribution in [1.82, 2.24) is 20.5 Å². The topological polar surface area (TPSA) is 69.6 Å². The Morgan fingerprint density at radius 3 is 2.69 bits per heavy atom. The number of nitrogens with zero attached hydrogens (tertiary/aromatic N) is 3. The monoisotopic (exact) mass is 353 g/mol. The van der Waals surface area contributed by atoms with E-state index in [0.29, 0.717) is 18.7 Å². The second-order valence-corrected chi connectivity index (χ2v) is 6.02. The molecule has 1 aromatic carbocycles. The molecule has 1 aromatic heterocycles. The summed E-state index contributed by atoms with van der Waals surface area (Å²) < 4.78 is 0. The van der Waals surface area contributed by atoms with Crippen LogP contribution >= 0.6 is 0 Å². The third-order valence-corrected chi connectivity index (χ3v) is 3.95. The molecule has 0 atom stereocenters. The zero-order valence-electron chi connectivity index (χ0n) is 15.7. The first-order chi connectivity index (χ1) is 12.6. The molecule has 0 aliphatic rings. The Kier molecular flexibility index (Phi) is 7.61. The van der Waals surface area contributed by atoms with Gasteiger partial charge in [-0.15, -0.1) is 0 Å². The lowest BCUT2D eigenvalue weighted by Gasteiger charge is -2.23. The summed E-state index contributed by atoms with van der Waals surface area (Å²) in [6, 6.07) is 11.8. The highest BCUT2D eigenvalue weighted by Crippen LogP contribution is 2.09. The Bertz CT molecular complexity index is 730. The summed E-state index contributed by atoms with van der Waals surface area (Å²) in [7, 11) is 2.02. The van der Waals surface area contributed by atoms with E-state index >= 15 is 0 Å². The lowest BCUT2D eigenvalue weighted by atomic mass is 10.1. The number of hydrogen-bond donors (Lipinski definition) is 2. The zero-order valence-corrected chi connectivity index (χ0v) is 15.7. The normalized spacial score (nSPS) is 11.1. The first kappa shape index (κ1) is 19.4. The number of carbonyl (C=O) groups excluding carboxylic acids is 1. The van der Waals surface area contributed by atoms with E-state index in [2.05, 4.69) is 44.6 Å². The van der Waals surface area contributed by atoms with Crippen LogP contribution in [0.1, 0.15) is 28.4 Å². The summed E-state index contributed by atoms with van der Waals surface area (Å²) in [6.45, 7) is 6.70. The van der Waals surface area contributed by atoms with Gasteiger partial charge >= 0.3 is 0 Å². The van der Waals surface area contributed by atoms with Crippen molar-refractivity contribution in [1.29, 1.82) is 0 Å². The van der Waals surface area contributed by atoms with Crippen LogP contribution in [0.5, 0.6) is 0 Å². The van der Waals surface area contributed by atoms with Gasteiger partial charge in [0.15, 0.2) is 5.96 Å². The van der Waals surface area contributed by atoms with Crippen molar-refractivity contribution < 1.29 is 4.79 Å². The van der Waals surface area contributed by atoms with Crippen LogP contribution in [0.2, 0.25) is 0 Å². The number of aromatic nitrogens is 1. The van der Waals surface area contributed by atoms with Gasteiger partial charge in [-0.2, -0.15) is 0 Å². The van der Waals surface area contributed by atoms with Gasteiger partial charge in [0, 0.05) is 39.1 Å². The minimum absolute atomic E-state index is 0.133. The van der Waals surface area contributed by atoms with Crippen molar-refractivity contribution in [2.75, 3.05) is 26.7 Å². The highest BCUT2D eigenvalue weighted by atomic mass is 16.1. The Hall–Kier alpha value is -2.89. The Labute approximate surface area is 155 Å². The van der Waals surface area contributed by atoms with E-state index in [1.165, 1.54) is 11.1 Å². The van der Waals surface area contributed by atoms with Crippen molar-refractivity contribution in [3.63, 3.8) is 0 Å². The predicted octanol–water partition coefficient (Wildman–Crippen LogP) is 2.22. The van der Waals surface area contributed by atoms with Gasteiger partial charge < -0.3 is 15.5 Å². The number of rotatable bonds is 7. The minimum atomic E-state index is -0.133. The lowest BCUT2D eigenvalue weighted by Crippen LogP contribution is -2.39. The molecule has 6 nitrogen and oxygen atoms in total. The van der Waals surface area contributed by atoms with Crippen molar-refractivity contribution in [2.45, 2.75) is 20.4 Å². The van der Waals surface area contributed by atoms with Crippen molar-refractivity contribution in [3.8, 4) is 0 Å². The number of pyridine rings is 1. The van der Waals surface area contributed by atoms with E-state index < -0.39 is 0 Å². The number of benzene rings is 1. The molecule has 0 aliphatic carbocycles. The van der Waals surface area contributed by atoms with Crippen LogP contribution in [0.15, 0.2) is 53.8 Å². The molecule has 2 aromatic rings. The molecule has 0 aliphatic heterocycles. The summed E-state index contributed by atoms with van der Waals surface area (Å²) in [5.74, 6) is 0.693. The van der Waals surface area contributed by atoms with Crippen LogP contribution < -0.4 is 10.6 Å². The summed E-state index contributed by atoms with van der Waals surface area (Å²) in [5, 5.41) is 6.16. The molecular formula is C20H27N5O. The number of amides is 1. The highest BCUT2D eigenvalue weighted by Gasteiger charge is 2.08. The van der Waals surface area contributed by atoms with E-state index in [1.54, 1.807) is 24.5 Å². The van der Waals surface area contributed by atoms with Crippen molar-refractivity contribution in [3.05, 3.63) is 65.5 Å². The number of aliphatic imine (C=N–C) groups is 1. The van der Waals surface area contributed by atoms with Crippen molar-refractivity contribution in [2.24, 2.45) is 4.99 Å². The number of guanidine groups is 1. The first-order valence-electron chi connectivity index (χ1n) is 8.84. The maximum atomic E-state index is 12.0. The van der Waals surface area contributed by atoms with Crippen LogP contribution in [0, 0.1) is 6.92 Å². The molecule has 0 saturated heterocycles. The van der Waals surface area contributed by atoms with Crippen molar-refractivity contribution >= 4 is 11.9 Å². The Morgan fingerprint density at radius 1 is 1.19 bits per heavy atom. The van der Waals surface area contributed by atoms with Crippen LogP contribution in [-0.2, 0) is 6.54 Å². The first-order valence-corrected chi connectivity index (χ1v) is 8.84. The van der Waals surface area contributed by atoms with E-state index in [4.69, 9.17) is 0 Å². The average molecular weight is 353 g/mol. The number of hydrogen-bond acceptors (Lipinski definition) is 3. The van der Waals surface area contributed by atoms with Gasteiger partial charge in [-0.1, -0.05) is 24.3 Å². The number of aryl methyl sites for hydroxylation is 1. The molecule has 6 heteroatoms. The molecule has 0 radical (unpaired) electrons. The molecule has 2 rings (SSSR count). The molecule has 2 N–H and O–H groups in total. The molecule has 138 valence electrons. The number of carbonyl (C=O) groups is 1. The molecule has 1 heterocycles. The molecule has 0 fully saturated rings. The van der Waals surface area contributed by atoms with Crippen LogP contribution in [0.4, 0.5) is 0 Å². The van der Waals surface area contributed by atoms with Gasteiger partial charge in [-0.25, -0.2) is 0 Å². The third kappa shape index (κ3) is 5.88. The van der Waals surface area contributed by atoms with Crippen LogP contribution in [0.25, 0.3) is 0 Å². The molecule has 1 amide bonds. The fraction of sp³-hybridized carbons (Fsp3) is 0.350. The fourth-order valence-corrected chi connectivity index (χ4v) is 2.52. The number of nitrogens with one attached hydrogen (secondary N) is 2. The van der Waals surface area contributed by atoms with E-state index in [-0.39, 0.29) is 5.91 Å². The maximum absolute atomic E-state index is 12.0. The predicted molar refractivity (Wildman–Crippen MR) is 105 cm³/mol. The zero-order chi connectivity index (χ0) is 18.8. The van der Waals surface area contributed by atoms with Crippen LogP contribution in [-0.4, -0.2) is 48.4 Å². The van der Waals surface area contributed by atoms with Gasteiger partial charge in [-0.05, 0) is 37.1 Å². The standard InChI is InChI=1S/C20H27N5O/c1-4-22-20(25(3)15-18-9-6-5-8-16(18)2)24-13-12-23-19(26)17-10-7-11-21-14-17/h5-11,14H,4,12-13,15H2,1-3H3,(H,22,24)(H,23,26). The summed E-state index contributed by atoms with van der Waals surface area (Å²) in [6.07, 6.45) is 3.20. The van der Waals surface area contributed by atoms with Crippen LogP contribution in [0.3, 0.4) is 0 Å². The molecule has 0 saturated carbocycles. The van der Waals surface area contributed by atoms with Gasteiger partial charge in [0.05, 0.1) is 12.1 Å². The molecular weight excluding hydrogens is 326 g/mol. The summed E-state index contributed by atoms with van der Waals surface area (Å²) in [4.78, 5) is 22.7. The largest absolute Gasteiger partial charge is 0.357 e. The second kappa shape index (κ2) is 10.2. The second-order valence-electron chi connectivity index (χ2n) is 6.02. The minimum Gasteiger partial charge on any atom is -0.357 e.